The van der Waals surface area contributed by atoms with Crippen LogP contribution in [-0.4, -0.2) is 113 Å². The van der Waals surface area contributed by atoms with E-state index < -0.39 is 41.4 Å². The maximum atomic E-state index is 13.7. The van der Waals surface area contributed by atoms with Crippen LogP contribution in [-0.2, 0) is 14.4 Å². The fourth-order valence-corrected chi connectivity index (χ4v) is 7.19. The van der Waals surface area contributed by atoms with Crippen molar-refractivity contribution in [3.63, 3.8) is 0 Å². The number of rotatable bonds is 14. The first-order valence-corrected chi connectivity index (χ1v) is 18.6. The summed E-state index contributed by atoms with van der Waals surface area (Å²) in [7, 11) is 0. The average molecular weight is 784 g/mol. The van der Waals surface area contributed by atoms with Gasteiger partial charge in [-0.1, -0.05) is 24.2 Å². The number of fused-ring (bicyclic) bond motifs is 2. The highest BCUT2D eigenvalue weighted by atomic mass is 35.5. The van der Waals surface area contributed by atoms with Gasteiger partial charge in [0.1, 0.15) is 29.8 Å². The highest BCUT2D eigenvalue weighted by Crippen LogP contribution is 2.35. The molecule has 4 aromatic rings. The minimum absolute atomic E-state index is 0.0345. The number of anilines is 4. The maximum absolute atomic E-state index is 13.7. The van der Waals surface area contributed by atoms with E-state index in [9.17, 15) is 28.4 Å². The second-order valence-electron chi connectivity index (χ2n) is 13.5. The number of halogens is 2. The Bertz CT molecular complexity index is 2230. The molecule has 1 atom stereocenters. The van der Waals surface area contributed by atoms with E-state index in [0.717, 1.165) is 50.6 Å². The smallest absolute Gasteiger partial charge is 0.264 e. The Morgan fingerprint density at radius 1 is 1.00 bits per heavy atom. The van der Waals surface area contributed by atoms with Crippen LogP contribution in [0, 0.1) is 5.82 Å². The zero-order valence-electron chi connectivity index (χ0n) is 30.3. The minimum atomic E-state index is -1.01. The van der Waals surface area contributed by atoms with E-state index in [2.05, 4.69) is 47.6 Å². The number of nitrogens with one attached hydrogen (secondary N) is 4. The molecular weight excluding hydrogens is 745 g/mol. The predicted octanol–water partition coefficient (Wildman–Crippen LogP) is 4.19. The highest BCUT2D eigenvalue weighted by molar-refractivity contribution is 6.31. The lowest BCUT2D eigenvalue weighted by Gasteiger charge is -2.34. The Balaban J connectivity index is 0.890. The molecule has 2 fully saturated rings. The van der Waals surface area contributed by atoms with Crippen molar-refractivity contribution in [3.05, 3.63) is 89.5 Å². The Labute approximate surface area is 326 Å². The van der Waals surface area contributed by atoms with Crippen LogP contribution in [0.4, 0.5) is 27.3 Å². The Kier molecular flexibility index (Phi) is 11.5. The molecule has 0 aliphatic carbocycles. The van der Waals surface area contributed by atoms with E-state index in [4.69, 9.17) is 16.3 Å². The standard InChI is InChI=1S/C39H39ClFN9O6/c1-2-33(51)46-30-20-25-29(43-22-44-36(25)45-23-7-8-27(41)26(40)19-23)21-32(30)56-18-4-12-48-14-16-49(17-15-48)13-11-42-28-6-3-5-24-35(28)39(55)50(38(24)54)31-9-10-34(52)47-37(31)53/h2-3,5-8,19-22,31,42H,1,4,9-18H2,(H,46,51)(H,43,44,45)(H,47,52,53). The fraction of sp³-hybridized carbons (Fsp3) is 0.308. The third-order valence-corrected chi connectivity index (χ3v) is 10.2. The van der Waals surface area contributed by atoms with Gasteiger partial charge in [-0.3, -0.25) is 39.1 Å². The zero-order chi connectivity index (χ0) is 39.3. The SMILES string of the molecule is C=CC(=O)Nc1cc2c(Nc3ccc(F)c(Cl)c3)ncnc2cc1OCCCN1CCN(CCNc2cccc3c2C(=O)N(C2CCC(=O)NC2=O)C3=O)CC1. The van der Waals surface area contributed by atoms with E-state index in [1.165, 1.54) is 30.6 Å². The summed E-state index contributed by atoms with van der Waals surface area (Å²) in [6.07, 6.45) is 3.46. The number of hydrogen-bond acceptors (Lipinski definition) is 12. The molecule has 0 saturated carbocycles. The van der Waals surface area contributed by atoms with Crippen molar-refractivity contribution in [1.29, 1.82) is 0 Å². The molecule has 17 heteroatoms. The summed E-state index contributed by atoms with van der Waals surface area (Å²) in [4.78, 5) is 77.3. The van der Waals surface area contributed by atoms with Crippen molar-refractivity contribution in [3.8, 4) is 5.75 Å². The summed E-state index contributed by atoms with van der Waals surface area (Å²) in [5, 5.41) is 12.0. The number of carbonyl (C=O) groups excluding carboxylic acids is 5. The van der Waals surface area contributed by atoms with Crippen molar-refractivity contribution in [1.82, 2.24) is 30.0 Å². The first-order valence-electron chi connectivity index (χ1n) is 18.2. The maximum Gasteiger partial charge on any atom is 0.264 e. The molecule has 3 aliphatic rings. The van der Waals surface area contributed by atoms with Gasteiger partial charge >= 0.3 is 0 Å². The molecule has 0 spiro atoms. The number of amides is 5. The van der Waals surface area contributed by atoms with Crippen LogP contribution in [0.2, 0.25) is 5.02 Å². The second-order valence-corrected chi connectivity index (χ2v) is 13.9. The van der Waals surface area contributed by atoms with E-state index in [-0.39, 0.29) is 29.0 Å². The molecule has 290 valence electrons. The number of benzene rings is 3. The quantitative estimate of drug-likeness (QED) is 0.0816. The third-order valence-electron chi connectivity index (χ3n) is 9.92. The molecule has 1 aromatic heterocycles. The van der Waals surface area contributed by atoms with Gasteiger partial charge in [0.2, 0.25) is 17.7 Å². The van der Waals surface area contributed by atoms with Crippen molar-refractivity contribution >= 4 is 74.9 Å². The Morgan fingerprint density at radius 2 is 1.79 bits per heavy atom. The molecule has 4 heterocycles. The molecule has 5 amide bonds. The third kappa shape index (κ3) is 8.32. The van der Waals surface area contributed by atoms with Crippen molar-refractivity contribution in [2.75, 3.05) is 68.4 Å². The molecule has 3 aliphatic heterocycles. The summed E-state index contributed by atoms with van der Waals surface area (Å²) in [5.74, 6) is -2.20. The number of piperazine rings is 1. The number of piperidine rings is 1. The monoisotopic (exact) mass is 783 g/mol. The molecule has 0 bridgehead atoms. The summed E-state index contributed by atoms with van der Waals surface area (Å²) < 4.78 is 19.9. The Morgan fingerprint density at radius 3 is 2.54 bits per heavy atom. The van der Waals surface area contributed by atoms with Crippen LogP contribution in [0.1, 0.15) is 40.0 Å². The zero-order valence-corrected chi connectivity index (χ0v) is 31.0. The van der Waals surface area contributed by atoms with Gasteiger partial charge in [0.25, 0.3) is 11.8 Å². The van der Waals surface area contributed by atoms with Crippen LogP contribution in [0.5, 0.6) is 5.75 Å². The Hall–Kier alpha value is -5.97. The molecule has 0 radical (unpaired) electrons. The molecular formula is C39H39ClFN9O6. The summed E-state index contributed by atoms with van der Waals surface area (Å²) >= 11 is 5.96. The number of aromatic nitrogens is 2. The lowest BCUT2D eigenvalue weighted by molar-refractivity contribution is -0.136. The van der Waals surface area contributed by atoms with Gasteiger partial charge < -0.3 is 25.6 Å². The highest BCUT2D eigenvalue weighted by Gasteiger charge is 2.45. The summed E-state index contributed by atoms with van der Waals surface area (Å²) in [6.45, 7) is 9.42. The molecule has 1 unspecified atom stereocenters. The molecule has 4 N–H and O–H groups in total. The average Bonchev–Trinajstić information content (AvgIpc) is 3.44. The molecule has 7 rings (SSSR count). The van der Waals surface area contributed by atoms with Gasteiger partial charge in [-0.2, -0.15) is 0 Å². The van der Waals surface area contributed by atoms with Crippen LogP contribution in [0.25, 0.3) is 10.9 Å². The molecule has 56 heavy (non-hydrogen) atoms. The van der Waals surface area contributed by atoms with Crippen LogP contribution >= 0.6 is 11.6 Å². The first-order chi connectivity index (χ1) is 27.1. The second kappa shape index (κ2) is 16.8. The van der Waals surface area contributed by atoms with Gasteiger partial charge in [0.05, 0.1) is 34.0 Å². The van der Waals surface area contributed by atoms with Crippen LogP contribution in [0.15, 0.2) is 67.5 Å². The van der Waals surface area contributed by atoms with Gasteiger partial charge in [-0.05, 0) is 55.3 Å². The van der Waals surface area contributed by atoms with Gasteiger partial charge in [0.15, 0.2) is 0 Å². The van der Waals surface area contributed by atoms with Crippen LogP contribution in [0.3, 0.4) is 0 Å². The molecule has 2 saturated heterocycles. The number of ether oxygens (including phenoxy) is 1. The fourth-order valence-electron chi connectivity index (χ4n) is 7.01. The largest absolute Gasteiger partial charge is 0.491 e. The number of imide groups is 2. The van der Waals surface area contributed by atoms with Crippen molar-refractivity contribution in [2.45, 2.75) is 25.3 Å². The molecule has 3 aromatic carbocycles. The van der Waals surface area contributed by atoms with Gasteiger partial charge in [-0.15, -0.1) is 0 Å². The van der Waals surface area contributed by atoms with Gasteiger partial charge in [-0.25, -0.2) is 14.4 Å². The van der Waals surface area contributed by atoms with Crippen molar-refractivity contribution < 1.29 is 33.1 Å². The lowest BCUT2D eigenvalue weighted by atomic mass is 10.0. The summed E-state index contributed by atoms with van der Waals surface area (Å²) in [5.41, 5.74) is 2.54. The van der Waals surface area contributed by atoms with E-state index in [0.29, 0.717) is 52.7 Å². The molecule has 15 nitrogen and oxygen atoms in total. The minimum Gasteiger partial charge on any atom is -0.491 e. The van der Waals surface area contributed by atoms with E-state index in [1.54, 1.807) is 30.3 Å². The van der Waals surface area contributed by atoms with E-state index in [1.807, 2.05) is 0 Å². The predicted molar refractivity (Wildman–Crippen MR) is 208 cm³/mol. The number of carbonyl (C=O) groups is 5. The van der Waals surface area contributed by atoms with Crippen LogP contribution < -0.4 is 26.0 Å². The summed E-state index contributed by atoms with van der Waals surface area (Å²) in [6, 6.07) is 11.7. The lowest BCUT2D eigenvalue weighted by Crippen LogP contribution is -2.54. The normalized spacial score (nSPS) is 17.5. The number of hydrogen-bond donors (Lipinski definition) is 4. The van der Waals surface area contributed by atoms with Crippen molar-refractivity contribution in [2.24, 2.45) is 0 Å². The first kappa shape index (κ1) is 38.3. The number of nitrogens with zero attached hydrogens (tertiary/aromatic N) is 5. The van der Waals surface area contributed by atoms with Gasteiger partial charge in [0, 0.05) is 75.1 Å². The topological polar surface area (TPSA) is 178 Å². The van der Waals surface area contributed by atoms with E-state index >= 15 is 0 Å².